The van der Waals surface area contributed by atoms with Crippen molar-refractivity contribution in [2.45, 2.75) is 44.7 Å². The highest BCUT2D eigenvalue weighted by Gasteiger charge is 2.53. The van der Waals surface area contributed by atoms with Crippen molar-refractivity contribution in [3.8, 4) is 0 Å². The molecule has 5 rings (SSSR count). The van der Waals surface area contributed by atoms with E-state index in [-0.39, 0.29) is 18.4 Å². The zero-order valence-corrected chi connectivity index (χ0v) is 18.7. The van der Waals surface area contributed by atoms with Gasteiger partial charge in [-0.15, -0.1) is 0 Å². The molecule has 32 heavy (non-hydrogen) atoms. The van der Waals surface area contributed by atoms with Gasteiger partial charge in [0.2, 0.25) is 5.91 Å². The van der Waals surface area contributed by atoms with Crippen molar-refractivity contribution in [3.05, 3.63) is 59.7 Å². The van der Waals surface area contributed by atoms with Gasteiger partial charge >= 0.3 is 6.03 Å². The van der Waals surface area contributed by atoms with Gasteiger partial charge in [0.25, 0.3) is 5.91 Å². The van der Waals surface area contributed by atoms with E-state index < -0.39 is 11.6 Å². The molecule has 1 saturated carbocycles. The summed E-state index contributed by atoms with van der Waals surface area (Å²) in [5.41, 5.74) is 2.02. The maximum atomic E-state index is 13.5. The number of amides is 4. The number of hydrogen-bond donors (Lipinski definition) is 1. The molecule has 1 spiro atoms. The zero-order chi connectivity index (χ0) is 22.3. The molecule has 2 aliphatic rings. The Hall–Kier alpha value is -3.26. The fourth-order valence-corrected chi connectivity index (χ4v) is 5.64. The van der Waals surface area contributed by atoms with E-state index in [1.807, 2.05) is 55.5 Å². The van der Waals surface area contributed by atoms with Crippen LogP contribution in [0.4, 0.5) is 9.93 Å². The number of nitrogens with zero attached hydrogens (tertiary/aromatic N) is 3. The normalized spacial score (nSPS) is 17.3. The Balaban J connectivity index is 1.46. The number of para-hydroxylation sites is 1. The first-order valence-electron chi connectivity index (χ1n) is 10.8. The summed E-state index contributed by atoms with van der Waals surface area (Å²) in [5, 5.41) is 3.41. The lowest BCUT2D eigenvalue weighted by atomic mass is 9.98. The fraction of sp³-hybridized carbons (Fsp3) is 0.333. The summed E-state index contributed by atoms with van der Waals surface area (Å²) in [7, 11) is 0. The van der Waals surface area contributed by atoms with Crippen LogP contribution < -0.4 is 10.2 Å². The number of carbonyl (C=O) groups is 3. The summed E-state index contributed by atoms with van der Waals surface area (Å²) in [6.07, 6.45) is 3.07. The Bertz CT molecular complexity index is 1200. The molecule has 8 heteroatoms. The van der Waals surface area contributed by atoms with Crippen molar-refractivity contribution in [1.82, 2.24) is 15.2 Å². The van der Waals surface area contributed by atoms with Crippen LogP contribution >= 0.6 is 11.3 Å². The molecule has 1 aromatic heterocycles. The number of imide groups is 1. The van der Waals surface area contributed by atoms with Gasteiger partial charge in [0.15, 0.2) is 5.13 Å². The third kappa shape index (κ3) is 3.54. The van der Waals surface area contributed by atoms with Gasteiger partial charge in [0.05, 0.1) is 16.8 Å². The SMILES string of the molecule is Cc1cccc2sc(N(Cc3ccccc3)C(=O)CN3C(=O)NC4(CCCC4)C3=O)nc12. The van der Waals surface area contributed by atoms with Crippen molar-refractivity contribution < 1.29 is 14.4 Å². The van der Waals surface area contributed by atoms with Crippen LogP contribution in [0.15, 0.2) is 48.5 Å². The summed E-state index contributed by atoms with van der Waals surface area (Å²) in [4.78, 5) is 46.5. The molecule has 1 saturated heterocycles. The number of thiazole rings is 1. The van der Waals surface area contributed by atoms with Crippen molar-refractivity contribution >= 4 is 44.5 Å². The van der Waals surface area contributed by atoms with Crippen LogP contribution in [-0.4, -0.2) is 39.8 Å². The third-order valence-corrected chi connectivity index (χ3v) is 7.36. The van der Waals surface area contributed by atoms with E-state index in [0.717, 1.165) is 39.1 Å². The summed E-state index contributed by atoms with van der Waals surface area (Å²) >= 11 is 1.44. The summed E-state index contributed by atoms with van der Waals surface area (Å²) in [6.45, 7) is 2.00. The lowest BCUT2D eigenvalue weighted by Gasteiger charge is -2.23. The predicted molar refractivity (Wildman–Crippen MR) is 123 cm³/mol. The third-order valence-electron chi connectivity index (χ3n) is 6.32. The Labute approximate surface area is 190 Å². The number of hydrogen-bond acceptors (Lipinski definition) is 5. The lowest BCUT2D eigenvalue weighted by Crippen LogP contribution is -2.46. The molecule has 2 heterocycles. The molecule has 0 unspecified atom stereocenters. The van der Waals surface area contributed by atoms with Gasteiger partial charge in [0, 0.05) is 0 Å². The Morgan fingerprint density at radius 1 is 1.12 bits per heavy atom. The molecule has 2 aromatic carbocycles. The number of nitrogens with one attached hydrogen (secondary N) is 1. The first-order chi connectivity index (χ1) is 15.5. The standard InChI is InChI=1S/C24H24N4O3S/c1-16-8-7-11-18-20(16)25-23(32-18)27(14-17-9-3-2-4-10-17)19(29)15-28-21(30)24(26-22(28)31)12-5-6-13-24/h2-4,7-11H,5-6,12-15H2,1H3,(H,26,31). The summed E-state index contributed by atoms with van der Waals surface area (Å²) < 4.78 is 0.991. The summed E-state index contributed by atoms with van der Waals surface area (Å²) in [5.74, 6) is -0.614. The van der Waals surface area contributed by atoms with Gasteiger partial charge in [-0.1, -0.05) is 66.6 Å². The number of anilines is 1. The van der Waals surface area contributed by atoms with Gasteiger partial charge in [-0.2, -0.15) is 0 Å². The van der Waals surface area contributed by atoms with E-state index in [2.05, 4.69) is 5.32 Å². The highest BCUT2D eigenvalue weighted by molar-refractivity contribution is 7.22. The topological polar surface area (TPSA) is 82.6 Å². The summed E-state index contributed by atoms with van der Waals surface area (Å²) in [6, 6.07) is 15.1. The first-order valence-corrected chi connectivity index (χ1v) is 11.6. The quantitative estimate of drug-likeness (QED) is 0.598. The Morgan fingerprint density at radius 2 is 1.88 bits per heavy atom. The zero-order valence-electron chi connectivity index (χ0n) is 17.8. The molecule has 4 amide bonds. The van der Waals surface area contributed by atoms with E-state index >= 15 is 0 Å². The monoisotopic (exact) mass is 448 g/mol. The van der Waals surface area contributed by atoms with Gasteiger partial charge in [-0.3, -0.25) is 19.4 Å². The van der Waals surface area contributed by atoms with Gasteiger partial charge in [0.1, 0.15) is 12.1 Å². The number of aryl methyl sites for hydroxylation is 1. The molecule has 3 aromatic rings. The second kappa shape index (κ2) is 8.02. The van der Waals surface area contributed by atoms with Gasteiger partial charge < -0.3 is 5.32 Å². The Kier molecular flexibility index (Phi) is 5.17. The molecular formula is C24H24N4O3S. The molecule has 1 aliphatic carbocycles. The Morgan fingerprint density at radius 3 is 2.59 bits per heavy atom. The second-order valence-electron chi connectivity index (χ2n) is 8.49. The minimum atomic E-state index is -0.825. The van der Waals surface area contributed by atoms with Crippen molar-refractivity contribution in [1.29, 1.82) is 0 Å². The van der Waals surface area contributed by atoms with E-state index in [9.17, 15) is 14.4 Å². The van der Waals surface area contributed by atoms with E-state index in [1.54, 1.807) is 4.90 Å². The van der Waals surface area contributed by atoms with E-state index in [0.29, 0.717) is 24.5 Å². The maximum absolute atomic E-state index is 13.5. The van der Waals surface area contributed by atoms with Crippen LogP contribution in [0, 0.1) is 6.92 Å². The maximum Gasteiger partial charge on any atom is 0.325 e. The molecule has 0 radical (unpaired) electrons. The van der Waals surface area contributed by atoms with Gasteiger partial charge in [-0.05, 0) is 37.0 Å². The van der Waals surface area contributed by atoms with E-state index in [1.165, 1.54) is 11.3 Å². The molecule has 2 fully saturated rings. The molecule has 1 N–H and O–H groups in total. The van der Waals surface area contributed by atoms with Gasteiger partial charge in [-0.25, -0.2) is 9.78 Å². The molecule has 7 nitrogen and oxygen atoms in total. The van der Waals surface area contributed by atoms with Crippen molar-refractivity contribution in [2.24, 2.45) is 0 Å². The smallest absolute Gasteiger partial charge is 0.323 e. The number of benzene rings is 2. The number of rotatable bonds is 5. The minimum Gasteiger partial charge on any atom is -0.323 e. The van der Waals surface area contributed by atoms with Crippen molar-refractivity contribution in [3.63, 3.8) is 0 Å². The van der Waals surface area contributed by atoms with Crippen LogP contribution in [0.2, 0.25) is 0 Å². The first kappa shape index (κ1) is 20.6. The van der Waals surface area contributed by atoms with Crippen LogP contribution in [-0.2, 0) is 16.1 Å². The number of carbonyl (C=O) groups excluding carboxylic acids is 3. The molecule has 164 valence electrons. The average Bonchev–Trinajstić information content (AvgIpc) is 3.49. The highest BCUT2D eigenvalue weighted by Crippen LogP contribution is 2.36. The van der Waals surface area contributed by atoms with E-state index in [4.69, 9.17) is 4.98 Å². The predicted octanol–water partition coefficient (Wildman–Crippen LogP) is 4.00. The van der Waals surface area contributed by atoms with Crippen molar-refractivity contribution in [2.75, 3.05) is 11.4 Å². The highest BCUT2D eigenvalue weighted by atomic mass is 32.1. The number of urea groups is 1. The van der Waals surface area contributed by atoms with Crippen LogP contribution in [0.25, 0.3) is 10.2 Å². The molecular weight excluding hydrogens is 424 g/mol. The van der Waals surface area contributed by atoms with Crippen LogP contribution in [0.3, 0.4) is 0 Å². The number of aromatic nitrogens is 1. The second-order valence-corrected chi connectivity index (χ2v) is 9.50. The molecule has 0 bridgehead atoms. The molecule has 0 atom stereocenters. The minimum absolute atomic E-state index is 0.284. The number of fused-ring (bicyclic) bond motifs is 1. The molecule has 1 aliphatic heterocycles. The fourth-order valence-electron chi connectivity index (χ4n) is 4.58. The van der Waals surface area contributed by atoms with Crippen LogP contribution in [0.1, 0.15) is 36.8 Å². The van der Waals surface area contributed by atoms with Crippen LogP contribution in [0.5, 0.6) is 0 Å². The lowest BCUT2D eigenvalue weighted by molar-refractivity contribution is -0.134. The largest absolute Gasteiger partial charge is 0.325 e. The average molecular weight is 449 g/mol.